The molecular formula is C22H17FN2O3. The smallest absolute Gasteiger partial charge is 0.346 e. The van der Waals surface area contributed by atoms with Gasteiger partial charge in [-0.3, -0.25) is 9.79 Å². The quantitative estimate of drug-likeness (QED) is 0.397. The third-order valence-corrected chi connectivity index (χ3v) is 3.71. The molecule has 140 valence electrons. The predicted octanol–water partition coefficient (Wildman–Crippen LogP) is 4.75. The Morgan fingerprint density at radius 2 is 1.75 bits per heavy atom. The summed E-state index contributed by atoms with van der Waals surface area (Å²) in [4.78, 5) is 27.5. The molecule has 3 aromatic carbocycles. The minimum Gasteiger partial charge on any atom is -0.423 e. The van der Waals surface area contributed by atoms with Crippen LogP contribution >= 0.6 is 0 Å². The van der Waals surface area contributed by atoms with Crippen LogP contribution in [0.5, 0.6) is 5.75 Å². The van der Waals surface area contributed by atoms with Crippen LogP contribution in [0.3, 0.4) is 0 Å². The molecule has 5 nitrogen and oxygen atoms in total. The van der Waals surface area contributed by atoms with Crippen molar-refractivity contribution >= 4 is 29.5 Å². The molecular weight excluding hydrogens is 359 g/mol. The van der Waals surface area contributed by atoms with Crippen molar-refractivity contribution in [3.05, 3.63) is 89.7 Å². The van der Waals surface area contributed by atoms with Crippen molar-refractivity contribution in [3.8, 4) is 5.75 Å². The van der Waals surface area contributed by atoms with Crippen LogP contribution < -0.4 is 10.1 Å². The van der Waals surface area contributed by atoms with E-state index in [2.05, 4.69) is 10.3 Å². The fraction of sp³-hybridized carbons (Fsp3) is 0.0455. The first-order chi connectivity index (χ1) is 13.5. The molecule has 0 spiro atoms. The summed E-state index contributed by atoms with van der Waals surface area (Å²) in [5, 5.41) is 2.68. The van der Waals surface area contributed by atoms with Gasteiger partial charge < -0.3 is 10.1 Å². The van der Waals surface area contributed by atoms with Crippen LogP contribution in [-0.4, -0.2) is 18.1 Å². The van der Waals surface area contributed by atoms with Crippen LogP contribution in [0.2, 0.25) is 0 Å². The van der Waals surface area contributed by atoms with Gasteiger partial charge in [-0.05, 0) is 54.1 Å². The molecule has 6 heteroatoms. The molecule has 0 saturated heterocycles. The van der Waals surface area contributed by atoms with Crippen LogP contribution in [0.1, 0.15) is 22.8 Å². The van der Waals surface area contributed by atoms with Crippen LogP contribution in [0.4, 0.5) is 15.8 Å². The summed E-state index contributed by atoms with van der Waals surface area (Å²) in [5.41, 5.74) is 1.97. The predicted molar refractivity (Wildman–Crippen MR) is 106 cm³/mol. The maximum Gasteiger partial charge on any atom is 0.346 e. The number of hydrogen-bond donors (Lipinski definition) is 1. The van der Waals surface area contributed by atoms with Crippen molar-refractivity contribution in [1.82, 2.24) is 0 Å². The number of aliphatic imine (C=N–C) groups is 1. The van der Waals surface area contributed by atoms with Gasteiger partial charge in [-0.1, -0.05) is 24.3 Å². The first kappa shape index (κ1) is 19.0. The summed E-state index contributed by atoms with van der Waals surface area (Å²) in [6.45, 7) is 1.44. The number of carbonyl (C=O) groups excluding carboxylic acids is 2. The molecule has 1 N–H and O–H groups in total. The van der Waals surface area contributed by atoms with E-state index >= 15 is 0 Å². The Hall–Kier alpha value is -3.80. The maximum atomic E-state index is 13.7. The molecule has 0 aliphatic carbocycles. The molecule has 3 aromatic rings. The summed E-state index contributed by atoms with van der Waals surface area (Å²) < 4.78 is 18.9. The largest absolute Gasteiger partial charge is 0.423 e. The number of rotatable bonds is 5. The third kappa shape index (κ3) is 5.11. The lowest BCUT2D eigenvalue weighted by molar-refractivity contribution is -0.114. The van der Waals surface area contributed by atoms with Crippen LogP contribution in [0.25, 0.3) is 0 Å². The second-order valence-electron chi connectivity index (χ2n) is 5.93. The normalized spacial score (nSPS) is 10.6. The molecule has 0 aliphatic heterocycles. The highest BCUT2D eigenvalue weighted by Gasteiger charge is 2.13. The summed E-state index contributed by atoms with van der Waals surface area (Å²) >= 11 is 0. The topological polar surface area (TPSA) is 67.8 Å². The second-order valence-corrected chi connectivity index (χ2v) is 5.93. The number of nitrogens with one attached hydrogen (secondary N) is 1. The van der Waals surface area contributed by atoms with Gasteiger partial charge in [0.25, 0.3) is 0 Å². The maximum absolute atomic E-state index is 13.7. The molecule has 3 rings (SSSR count). The highest BCUT2D eigenvalue weighted by atomic mass is 19.1. The van der Waals surface area contributed by atoms with E-state index in [0.29, 0.717) is 22.7 Å². The summed E-state index contributed by atoms with van der Waals surface area (Å²) in [6, 6.07) is 19.4. The minimum absolute atomic E-state index is 0.124. The van der Waals surface area contributed by atoms with Crippen molar-refractivity contribution in [2.75, 3.05) is 5.32 Å². The van der Waals surface area contributed by atoms with E-state index in [1.807, 2.05) is 0 Å². The lowest BCUT2D eigenvalue weighted by Crippen LogP contribution is -2.10. The molecule has 0 atom stereocenters. The molecule has 28 heavy (non-hydrogen) atoms. The Kier molecular flexibility index (Phi) is 5.91. The lowest BCUT2D eigenvalue weighted by Gasteiger charge is -2.06. The number of ether oxygens (including phenoxy) is 1. The first-order valence-corrected chi connectivity index (χ1v) is 8.50. The van der Waals surface area contributed by atoms with Crippen molar-refractivity contribution in [1.29, 1.82) is 0 Å². The van der Waals surface area contributed by atoms with E-state index in [1.165, 1.54) is 25.1 Å². The van der Waals surface area contributed by atoms with E-state index in [4.69, 9.17) is 4.74 Å². The van der Waals surface area contributed by atoms with Gasteiger partial charge in [-0.15, -0.1) is 0 Å². The number of carbonyl (C=O) groups is 2. The number of halogens is 1. The zero-order valence-corrected chi connectivity index (χ0v) is 15.1. The van der Waals surface area contributed by atoms with Crippen LogP contribution in [-0.2, 0) is 4.79 Å². The van der Waals surface area contributed by atoms with Crippen molar-refractivity contribution in [2.24, 2.45) is 4.99 Å². The Bertz CT molecular complexity index is 1030. The molecule has 0 heterocycles. The van der Waals surface area contributed by atoms with E-state index < -0.39 is 11.8 Å². The number of anilines is 1. The van der Waals surface area contributed by atoms with Crippen LogP contribution in [0, 0.1) is 5.82 Å². The molecule has 0 saturated carbocycles. The monoisotopic (exact) mass is 376 g/mol. The van der Waals surface area contributed by atoms with Gasteiger partial charge in [0.2, 0.25) is 5.91 Å². The molecule has 0 radical (unpaired) electrons. The molecule has 0 bridgehead atoms. The molecule has 0 aliphatic rings. The van der Waals surface area contributed by atoms with Crippen molar-refractivity contribution < 1.29 is 18.7 Å². The van der Waals surface area contributed by atoms with Gasteiger partial charge in [0, 0.05) is 18.8 Å². The fourth-order valence-electron chi connectivity index (χ4n) is 2.43. The molecule has 0 fully saturated rings. The standard InChI is InChI=1S/C22H17FN2O3/c1-15(26)25-18-11-9-17(10-12-18)24-14-16-5-4-6-19(13-16)28-22(27)20-7-2-3-8-21(20)23/h2-14H,1H3,(H,25,26). The van der Waals surface area contributed by atoms with Gasteiger partial charge in [0.15, 0.2) is 0 Å². The van der Waals surface area contributed by atoms with Crippen molar-refractivity contribution in [3.63, 3.8) is 0 Å². The van der Waals surface area contributed by atoms with Gasteiger partial charge >= 0.3 is 5.97 Å². The zero-order chi connectivity index (χ0) is 19.9. The average Bonchev–Trinajstić information content (AvgIpc) is 2.67. The van der Waals surface area contributed by atoms with E-state index in [9.17, 15) is 14.0 Å². The molecule has 1 amide bonds. The highest BCUT2D eigenvalue weighted by Crippen LogP contribution is 2.18. The SMILES string of the molecule is CC(=O)Nc1ccc(N=Cc2cccc(OC(=O)c3ccccc3F)c2)cc1. The Labute approximate surface area is 161 Å². The van der Waals surface area contributed by atoms with Gasteiger partial charge in [-0.2, -0.15) is 0 Å². The summed E-state index contributed by atoms with van der Waals surface area (Å²) in [7, 11) is 0. The number of nitrogens with zero attached hydrogens (tertiary/aromatic N) is 1. The van der Waals surface area contributed by atoms with Gasteiger partial charge in [0.05, 0.1) is 11.3 Å². The fourth-order valence-corrected chi connectivity index (χ4v) is 2.43. The molecule has 0 aromatic heterocycles. The summed E-state index contributed by atoms with van der Waals surface area (Å²) in [5.74, 6) is -1.25. The van der Waals surface area contributed by atoms with E-state index in [0.717, 1.165) is 0 Å². The number of hydrogen-bond acceptors (Lipinski definition) is 4. The first-order valence-electron chi connectivity index (χ1n) is 8.50. The number of esters is 1. The molecule has 0 unspecified atom stereocenters. The van der Waals surface area contributed by atoms with E-state index in [1.54, 1.807) is 60.8 Å². The third-order valence-electron chi connectivity index (χ3n) is 3.71. The Balaban J connectivity index is 1.69. The Morgan fingerprint density at radius 3 is 2.46 bits per heavy atom. The van der Waals surface area contributed by atoms with E-state index in [-0.39, 0.29) is 11.5 Å². The van der Waals surface area contributed by atoms with Crippen LogP contribution in [0.15, 0.2) is 77.8 Å². The minimum atomic E-state index is -0.763. The van der Waals surface area contributed by atoms with Gasteiger partial charge in [0.1, 0.15) is 11.6 Å². The van der Waals surface area contributed by atoms with Gasteiger partial charge in [-0.25, -0.2) is 9.18 Å². The Morgan fingerprint density at radius 1 is 1.00 bits per heavy atom. The highest BCUT2D eigenvalue weighted by molar-refractivity contribution is 5.92. The number of benzene rings is 3. The average molecular weight is 376 g/mol. The zero-order valence-electron chi connectivity index (χ0n) is 15.1. The second kappa shape index (κ2) is 8.73. The lowest BCUT2D eigenvalue weighted by atomic mass is 10.2. The number of amides is 1. The van der Waals surface area contributed by atoms with Crippen molar-refractivity contribution in [2.45, 2.75) is 6.92 Å². The summed E-state index contributed by atoms with van der Waals surface area (Å²) in [6.07, 6.45) is 1.62.